The van der Waals surface area contributed by atoms with Gasteiger partial charge in [0.2, 0.25) is 11.8 Å². The summed E-state index contributed by atoms with van der Waals surface area (Å²) in [5, 5.41) is 2.65. The summed E-state index contributed by atoms with van der Waals surface area (Å²) < 4.78 is 12.8. The van der Waals surface area contributed by atoms with Crippen molar-refractivity contribution in [3.8, 4) is 0 Å². The predicted octanol–water partition coefficient (Wildman–Crippen LogP) is 2.55. The Bertz CT molecular complexity index is 507. The summed E-state index contributed by atoms with van der Waals surface area (Å²) in [6.45, 7) is 5.52. The highest BCUT2D eigenvalue weighted by molar-refractivity contribution is 5.94. The fourth-order valence-electron chi connectivity index (χ4n) is 1.94. The van der Waals surface area contributed by atoms with Crippen LogP contribution in [0.2, 0.25) is 0 Å². The van der Waals surface area contributed by atoms with E-state index in [1.807, 2.05) is 20.8 Å². The van der Waals surface area contributed by atoms with Crippen LogP contribution in [0.1, 0.15) is 33.6 Å². The second-order valence-electron chi connectivity index (χ2n) is 5.69. The van der Waals surface area contributed by atoms with Gasteiger partial charge in [0.15, 0.2) is 0 Å². The maximum Gasteiger partial charge on any atom is 0.244 e. The highest BCUT2D eigenvalue weighted by atomic mass is 35.5. The Morgan fingerprint density at radius 2 is 1.78 bits per heavy atom. The molecule has 3 N–H and O–H groups in total. The van der Waals surface area contributed by atoms with Crippen LogP contribution in [-0.2, 0) is 9.59 Å². The van der Waals surface area contributed by atoms with Crippen LogP contribution in [0.25, 0.3) is 0 Å². The van der Waals surface area contributed by atoms with E-state index in [1.54, 1.807) is 0 Å². The number of halogens is 2. The van der Waals surface area contributed by atoms with Gasteiger partial charge < -0.3 is 16.0 Å². The minimum absolute atomic E-state index is 0. The summed E-state index contributed by atoms with van der Waals surface area (Å²) in [5.41, 5.74) is 6.15. The molecule has 130 valence electrons. The number of hydrogen-bond donors (Lipinski definition) is 2. The summed E-state index contributed by atoms with van der Waals surface area (Å²) in [7, 11) is 0. The Morgan fingerprint density at radius 3 is 2.26 bits per heavy atom. The summed E-state index contributed by atoms with van der Waals surface area (Å²) in [4.78, 5) is 25.7. The number of benzene rings is 1. The van der Waals surface area contributed by atoms with Crippen LogP contribution < -0.4 is 11.1 Å². The van der Waals surface area contributed by atoms with Crippen LogP contribution in [0, 0.1) is 5.82 Å². The average molecular weight is 346 g/mol. The molecule has 5 nitrogen and oxygen atoms in total. The Kier molecular flexibility index (Phi) is 9.44. The molecule has 1 aromatic rings. The van der Waals surface area contributed by atoms with Crippen LogP contribution in [0.15, 0.2) is 24.3 Å². The lowest BCUT2D eigenvalue weighted by molar-refractivity contribution is -0.136. The summed E-state index contributed by atoms with van der Waals surface area (Å²) in [6.07, 6.45) is 0.904. The van der Waals surface area contributed by atoms with E-state index < -0.39 is 0 Å². The van der Waals surface area contributed by atoms with Gasteiger partial charge in [0.05, 0.1) is 0 Å². The minimum atomic E-state index is -0.368. The topological polar surface area (TPSA) is 75.4 Å². The number of rotatable bonds is 7. The van der Waals surface area contributed by atoms with Gasteiger partial charge in [-0.15, -0.1) is 12.4 Å². The van der Waals surface area contributed by atoms with Crippen molar-refractivity contribution in [2.45, 2.75) is 45.7 Å². The smallest absolute Gasteiger partial charge is 0.244 e. The quantitative estimate of drug-likeness (QED) is 0.797. The van der Waals surface area contributed by atoms with Crippen LogP contribution >= 0.6 is 12.4 Å². The van der Waals surface area contributed by atoms with Gasteiger partial charge in [-0.25, -0.2) is 4.39 Å². The number of hydrogen-bond acceptors (Lipinski definition) is 3. The van der Waals surface area contributed by atoms with Gasteiger partial charge in [0.1, 0.15) is 12.4 Å². The zero-order valence-electron chi connectivity index (χ0n) is 13.7. The van der Waals surface area contributed by atoms with Crippen molar-refractivity contribution < 1.29 is 14.0 Å². The fraction of sp³-hybridized carbons (Fsp3) is 0.500. The van der Waals surface area contributed by atoms with E-state index in [9.17, 15) is 14.0 Å². The molecule has 0 spiro atoms. The summed E-state index contributed by atoms with van der Waals surface area (Å²) in [6, 6.07) is 5.36. The number of amides is 2. The first-order chi connectivity index (χ1) is 10.3. The molecule has 0 saturated heterocycles. The van der Waals surface area contributed by atoms with Gasteiger partial charge >= 0.3 is 0 Å². The Morgan fingerprint density at radius 1 is 1.22 bits per heavy atom. The molecule has 23 heavy (non-hydrogen) atoms. The van der Waals surface area contributed by atoms with Gasteiger partial charge in [-0.05, 0) is 51.5 Å². The number of nitrogens with one attached hydrogen (secondary N) is 1. The summed E-state index contributed by atoms with van der Waals surface area (Å²) in [5.74, 6) is -0.774. The number of anilines is 1. The Balaban J connectivity index is 0.00000484. The van der Waals surface area contributed by atoms with Crippen molar-refractivity contribution in [1.82, 2.24) is 4.90 Å². The van der Waals surface area contributed by atoms with E-state index in [0.29, 0.717) is 18.5 Å². The molecule has 0 aliphatic carbocycles. The molecule has 1 atom stereocenters. The molecular weight excluding hydrogens is 321 g/mol. The monoisotopic (exact) mass is 345 g/mol. The third-order valence-corrected chi connectivity index (χ3v) is 3.20. The molecule has 2 amide bonds. The molecule has 1 unspecified atom stereocenters. The second-order valence-corrected chi connectivity index (χ2v) is 5.69. The van der Waals surface area contributed by atoms with Crippen molar-refractivity contribution in [2.24, 2.45) is 5.73 Å². The standard InChI is InChI=1S/C16H24FN3O2.ClH/c1-11(2)20(16(22)9-4-12(3)18)10-15(21)19-14-7-5-13(17)6-8-14;/h5-8,11-12H,4,9-10,18H2,1-3H3,(H,19,21);1H. The Hall–Kier alpha value is -1.66. The average Bonchev–Trinajstić information content (AvgIpc) is 2.44. The highest BCUT2D eigenvalue weighted by Crippen LogP contribution is 2.10. The lowest BCUT2D eigenvalue weighted by Crippen LogP contribution is -2.42. The SMILES string of the molecule is CC(N)CCC(=O)N(CC(=O)Nc1ccc(F)cc1)C(C)C.Cl. The van der Waals surface area contributed by atoms with E-state index >= 15 is 0 Å². The number of nitrogens with two attached hydrogens (primary N) is 1. The highest BCUT2D eigenvalue weighted by Gasteiger charge is 2.20. The zero-order valence-corrected chi connectivity index (χ0v) is 14.5. The maximum absolute atomic E-state index is 12.8. The van der Waals surface area contributed by atoms with Gasteiger partial charge in [-0.2, -0.15) is 0 Å². The van der Waals surface area contributed by atoms with Gasteiger partial charge in [0, 0.05) is 24.2 Å². The molecule has 0 saturated carbocycles. The second kappa shape index (κ2) is 10.2. The number of carbonyl (C=O) groups is 2. The van der Waals surface area contributed by atoms with E-state index in [2.05, 4.69) is 5.32 Å². The normalized spacial score (nSPS) is 11.6. The molecule has 0 fully saturated rings. The van der Waals surface area contributed by atoms with Crippen LogP contribution in [0.3, 0.4) is 0 Å². The molecule has 7 heteroatoms. The largest absolute Gasteiger partial charge is 0.331 e. The third kappa shape index (κ3) is 7.95. The number of nitrogens with zero attached hydrogens (tertiary/aromatic N) is 1. The van der Waals surface area contributed by atoms with E-state index in [4.69, 9.17) is 5.73 Å². The Labute approximate surface area is 142 Å². The lowest BCUT2D eigenvalue weighted by Gasteiger charge is -2.26. The molecule has 1 aromatic carbocycles. The van der Waals surface area contributed by atoms with Crippen LogP contribution in [-0.4, -0.2) is 35.3 Å². The molecule has 1 rings (SSSR count). The predicted molar refractivity (Wildman–Crippen MR) is 92.0 cm³/mol. The first kappa shape index (κ1) is 21.3. The molecule has 0 bridgehead atoms. The van der Waals surface area contributed by atoms with Crippen molar-refractivity contribution in [2.75, 3.05) is 11.9 Å². The molecular formula is C16H25ClFN3O2. The maximum atomic E-state index is 12.8. The minimum Gasteiger partial charge on any atom is -0.331 e. The van der Waals surface area contributed by atoms with Crippen molar-refractivity contribution in [3.05, 3.63) is 30.1 Å². The first-order valence-electron chi connectivity index (χ1n) is 7.40. The van der Waals surface area contributed by atoms with Crippen molar-refractivity contribution in [3.63, 3.8) is 0 Å². The summed E-state index contributed by atoms with van der Waals surface area (Å²) >= 11 is 0. The van der Waals surface area contributed by atoms with E-state index in [-0.39, 0.29) is 48.7 Å². The third-order valence-electron chi connectivity index (χ3n) is 3.20. The van der Waals surface area contributed by atoms with Gasteiger partial charge in [-0.3, -0.25) is 9.59 Å². The molecule has 0 radical (unpaired) electrons. The van der Waals surface area contributed by atoms with Crippen LogP contribution in [0.4, 0.5) is 10.1 Å². The van der Waals surface area contributed by atoms with E-state index in [1.165, 1.54) is 29.2 Å². The fourth-order valence-corrected chi connectivity index (χ4v) is 1.94. The lowest BCUT2D eigenvalue weighted by atomic mass is 10.1. The number of carbonyl (C=O) groups excluding carboxylic acids is 2. The van der Waals surface area contributed by atoms with Crippen molar-refractivity contribution in [1.29, 1.82) is 0 Å². The van der Waals surface area contributed by atoms with Crippen LogP contribution in [0.5, 0.6) is 0 Å². The van der Waals surface area contributed by atoms with Gasteiger partial charge in [0.25, 0.3) is 0 Å². The molecule has 0 aliphatic rings. The molecule has 0 aliphatic heterocycles. The van der Waals surface area contributed by atoms with Gasteiger partial charge in [-0.1, -0.05) is 0 Å². The molecule has 0 heterocycles. The molecule has 0 aromatic heterocycles. The van der Waals surface area contributed by atoms with Crippen molar-refractivity contribution >= 4 is 29.9 Å². The van der Waals surface area contributed by atoms with E-state index in [0.717, 1.165) is 0 Å². The first-order valence-corrected chi connectivity index (χ1v) is 7.40. The zero-order chi connectivity index (χ0) is 16.7.